The number of amides is 1. The van der Waals surface area contributed by atoms with Crippen LogP contribution in [0.15, 0.2) is 0 Å². The van der Waals surface area contributed by atoms with Crippen LogP contribution >= 0.6 is 0 Å². The molecule has 0 aromatic heterocycles. The molecular formula is C15H28N2O3. The Morgan fingerprint density at radius 2 is 2.10 bits per heavy atom. The summed E-state index contributed by atoms with van der Waals surface area (Å²) < 4.78 is 5.06. The van der Waals surface area contributed by atoms with Crippen molar-refractivity contribution in [3.63, 3.8) is 0 Å². The number of ether oxygens (including phenoxy) is 1. The van der Waals surface area contributed by atoms with Gasteiger partial charge in [0, 0.05) is 19.6 Å². The molecule has 5 nitrogen and oxygen atoms in total. The Kier molecular flexibility index (Phi) is 6.99. The molecule has 0 saturated carbocycles. The van der Waals surface area contributed by atoms with Gasteiger partial charge in [0.15, 0.2) is 0 Å². The van der Waals surface area contributed by atoms with Gasteiger partial charge in [-0.15, -0.1) is 0 Å². The van der Waals surface area contributed by atoms with Crippen molar-refractivity contribution in [1.29, 1.82) is 0 Å². The van der Waals surface area contributed by atoms with Crippen molar-refractivity contribution < 1.29 is 14.3 Å². The van der Waals surface area contributed by atoms with E-state index in [1.54, 1.807) is 11.8 Å². The third kappa shape index (κ3) is 4.78. The minimum atomic E-state index is -0.182. The van der Waals surface area contributed by atoms with Gasteiger partial charge in [-0.3, -0.25) is 9.59 Å². The lowest BCUT2D eigenvalue weighted by molar-refractivity contribution is -0.152. The summed E-state index contributed by atoms with van der Waals surface area (Å²) in [6.07, 6.45) is 2.46. The van der Waals surface area contributed by atoms with Crippen LogP contribution in [0.5, 0.6) is 0 Å². The molecule has 0 aromatic rings. The molecule has 0 radical (unpaired) electrons. The van der Waals surface area contributed by atoms with Gasteiger partial charge in [0.2, 0.25) is 5.91 Å². The van der Waals surface area contributed by atoms with Gasteiger partial charge >= 0.3 is 5.97 Å². The maximum Gasteiger partial charge on any atom is 0.310 e. The molecule has 0 aliphatic carbocycles. The standard InChI is InChI=1S/C15H28N2O3/c1-4-20-15(19)12-6-5-7-17(10-12)14(18)13(9-16)8-11(2)3/h11-13H,4-10,16H2,1-3H3. The van der Waals surface area contributed by atoms with Crippen LogP contribution in [0.2, 0.25) is 0 Å². The number of esters is 1. The Morgan fingerprint density at radius 3 is 2.65 bits per heavy atom. The SMILES string of the molecule is CCOC(=O)C1CCCN(C(=O)C(CN)CC(C)C)C1. The van der Waals surface area contributed by atoms with E-state index in [9.17, 15) is 9.59 Å². The highest BCUT2D eigenvalue weighted by Gasteiger charge is 2.32. The van der Waals surface area contributed by atoms with Crippen molar-refractivity contribution in [1.82, 2.24) is 4.90 Å². The minimum Gasteiger partial charge on any atom is -0.466 e. The van der Waals surface area contributed by atoms with Gasteiger partial charge in [0.05, 0.1) is 18.4 Å². The van der Waals surface area contributed by atoms with Crippen LogP contribution in [0.25, 0.3) is 0 Å². The van der Waals surface area contributed by atoms with Crippen molar-refractivity contribution in [3.05, 3.63) is 0 Å². The number of hydrogen-bond acceptors (Lipinski definition) is 4. The van der Waals surface area contributed by atoms with Crippen LogP contribution in [-0.2, 0) is 14.3 Å². The summed E-state index contributed by atoms with van der Waals surface area (Å²) in [6, 6.07) is 0. The smallest absolute Gasteiger partial charge is 0.310 e. The topological polar surface area (TPSA) is 72.6 Å². The monoisotopic (exact) mass is 284 g/mol. The average molecular weight is 284 g/mol. The highest BCUT2D eigenvalue weighted by molar-refractivity contribution is 5.80. The lowest BCUT2D eigenvalue weighted by Crippen LogP contribution is -2.46. The van der Waals surface area contributed by atoms with Gasteiger partial charge in [0.25, 0.3) is 0 Å². The molecule has 2 N–H and O–H groups in total. The second-order valence-corrected chi connectivity index (χ2v) is 5.94. The van der Waals surface area contributed by atoms with E-state index in [1.807, 2.05) is 0 Å². The molecule has 1 aliphatic heterocycles. The van der Waals surface area contributed by atoms with E-state index in [2.05, 4.69) is 13.8 Å². The van der Waals surface area contributed by atoms with Gasteiger partial charge in [-0.25, -0.2) is 0 Å². The van der Waals surface area contributed by atoms with Crippen LogP contribution in [0.4, 0.5) is 0 Å². The number of carbonyl (C=O) groups excluding carboxylic acids is 2. The molecule has 2 atom stereocenters. The minimum absolute atomic E-state index is 0.0928. The summed E-state index contributed by atoms with van der Waals surface area (Å²) in [5.41, 5.74) is 5.73. The molecule has 0 bridgehead atoms. The molecule has 1 amide bonds. The molecule has 1 fully saturated rings. The van der Waals surface area contributed by atoms with Crippen LogP contribution in [0, 0.1) is 17.8 Å². The summed E-state index contributed by atoms with van der Waals surface area (Å²) >= 11 is 0. The van der Waals surface area contributed by atoms with Crippen molar-refractivity contribution in [2.75, 3.05) is 26.2 Å². The maximum atomic E-state index is 12.5. The van der Waals surface area contributed by atoms with E-state index in [0.717, 1.165) is 25.8 Å². The Hall–Kier alpha value is -1.10. The summed E-state index contributed by atoms with van der Waals surface area (Å²) in [7, 11) is 0. The van der Waals surface area contributed by atoms with E-state index in [4.69, 9.17) is 10.5 Å². The van der Waals surface area contributed by atoms with Gasteiger partial charge in [-0.1, -0.05) is 13.8 Å². The Morgan fingerprint density at radius 1 is 1.40 bits per heavy atom. The summed E-state index contributed by atoms with van der Waals surface area (Å²) in [5.74, 6) is 0.0487. The molecule has 1 aliphatic rings. The normalized spacial score (nSPS) is 20.9. The summed E-state index contributed by atoms with van der Waals surface area (Å²) in [4.78, 5) is 26.1. The predicted octanol–water partition coefficient (Wildman–Crippen LogP) is 1.41. The molecule has 1 heterocycles. The largest absolute Gasteiger partial charge is 0.466 e. The van der Waals surface area contributed by atoms with Crippen molar-refractivity contribution in [2.45, 2.75) is 40.0 Å². The summed E-state index contributed by atoms with van der Waals surface area (Å²) in [6.45, 7) is 7.95. The van der Waals surface area contributed by atoms with Gasteiger partial charge in [0.1, 0.15) is 0 Å². The van der Waals surface area contributed by atoms with Crippen LogP contribution in [-0.4, -0.2) is 43.0 Å². The average Bonchev–Trinajstić information content (AvgIpc) is 2.44. The molecule has 0 spiro atoms. The zero-order valence-corrected chi connectivity index (χ0v) is 12.9. The van der Waals surface area contributed by atoms with Crippen LogP contribution in [0.3, 0.4) is 0 Å². The first-order chi connectivity index (χ1) is 9.49. The fourth-order valence-electron chi connectivity index (χ4n) is 2.75. The number of rotatable bonds is 6. The second kappa shape index (κ2) is 8.25. The van der Waals surface area contributed by atoms with Gasteiger partial charge in [-0.2, -0.15) is 0 Å². The lowest BCUT2D eigenvalue weighted by Gasteiger charge is -2.34. The van der Waals surface area contributed by atoms with Crippen LogP contribution in [0.1, 0.15) is 40.0 Å². The second-order valence-electron chi connectivity index (χ2n) is 5.94. The van der Waals surface area contributed by atoms with Crippen molar-refractivity contribution in [3.8, 4) is 0 Å². The number of piperidine rings is 1. The van der Waals surface area contributed by atoms with Crippen molar-refractivity contribution in [2.24, 2.45) is 23.5 Å². The molecule has 2 unspecified atom stereocenters. The first kappa shape index (κ1) is 17.0. The molecule has 1 rings (SSSR count). The molecule has 20 heavy (non-hydrogen) atoms. The van der Waals surface area contributed by atoms with E-state index >= 15 is 0 Å². The first-order valence-electron chi connectivity index (χ1n) is 7.65. The lowest BCUT2D eigenvalue weighted by atomic mass is 9.93. The number of carbonyl (C=O) groups is 2. The van der Waals surface area contributed by atoms with E-state index < -0.39 is 0 Å². The Bertz CT molecular complexity index is 331. The molecule has 5 heteroatoms. The van der Waals surface area contributed by atoms with E-state index in [-0.39, 0.29) is 23.7 Å². The Labute approximate surface area is 121 Å². The van der Waals surface area contributed by atoms with E-state index in [0.29, 0.717) is 25.6 Å². The fraction of sp³-hybridized carbons (Fsp3) is 0.867. The quantitative estimate of drug-likeness (QED) is 0.748. The molecule has 1 saturated heterocycles. The molecule has 116 valence electrons. The Balaban J connectivity index is 2.61. The highest BCUT2D eigenvalue weighted by atomic mass is 16.5. The molecular weight excluding hydrogens is 256 g/mol. The zero-order chi connectivity index (χ0) is 15.1. The van der Waals surface area contributed by atoms with Crippen molar-refractivity contribution >= 4 is 11.9 Å². The highest BCUT2D eigenvalue weighted by Crippen LogP contribution is 2.21. The van der Waals surface area contributed by atoms with Crippen LogP contribution < -0.4 is 5.73 Å². The summed E-state index contributed by atoms with van der Waals surface area (Å²) in [5, 5.41) is 0. The molecule has 0 aromatic carbocycles. The van der Waals surface area contributed by atoms with E-state index in [1.165, 1.54) is 0 Å². The number of likely N-dealkylation sites (tertiary alicyclic amines) is 1. The third-order valence-corrected chi connectivity index (χ3v) is 3.74. The number of nitrogens with two attached hydrogens (primary N) is 1. The third-order valence-electron chi connectivity index (χ3n) is 3.74. The first-order valence-corrected chi connectivity index (χ1v) is 7.65. The van der Waals surface area contributed by atoms with Gasteiger partial charge in [-0.05, 0) is 32.1 Å². The maximum absolute atomic E-state index is 12.5. The predicted molar refractivity (Wildman–Crippen MR) is 77.9 cm³/mol. The van der Waals surface area contributed by atoms with Gasteiger partial charge < -0.3 is 15.4 Å². The number of hydrogen-bond donors (Lipinski definition) is 1. The fourth-order valence-corrected chi connectivity index (χ4v) is 2.75. The zero-order valence-electron chi connectivity index (χ0n) is 12.9. The number of nitrogens with zero attached hydrogens (tertiary/aromatic N) is 1.